The molecule has 1 saturated carbocycles. The summed E-state index contributed by atoms with van der Waals surface area (Å²) in [5.74, 6) is 7.04. The number of hydrogen-bond donors (Lipinski definition) is 2. The van der Waals surface area contributed by atoms with E-state index in [1.165, 1.54) is 25.7 Å². The largest absolute Gasteiger partial charge is 0.483 e. The first-order valence-corrected chi connectivity index (χ1v) is 8.03. The normalized spacial score (nSPS) is 18.9. The number of rotatable bonds is 4. The molecule has 1 aromatic rings. The second kappa shape index (κ2) is 8.25. The molecular formula is C16H24ClN3O. The van der Waals surface area contributed by atoms with Crippen LogP contribution in [0.5, 0.6) is 5.75 Å². The third-order valence-electron chi connectivity index (χ3n) is 3.79. The van der Waals surface area contributed by atoms with Gasteiger partial charge < -0.3 is 10.2 Å². The number of aliphatic imine (C=N–C) groups is 1. The molecule has 0 saturated heterocycles. The van der Waals surface area contributed by atoms with E-state index in [9.17, 15) is 0 Å². The minimum absolute atomic E-state index is 0.225. The van der Waals surface area contributed by atoms with Crippen LogP contribution in [0.15, 0.2) is 29.3 Å². The fraction of sp³-hybridized carbons (Fsp3) is 0.562. The molecule has 0 heterocycles. The van der Waals surface area contributed by atoms with Crippen LogP contribution in [0.25, 0.3) is 0 Å². The predicted molar refractivity (Wildman–Crippen MR) is 87.8 cm³/mol. The number of nitrogens with zero attached hydrogens (tertiary/aromatic N) is 1. The summed E-state index contributed by atoms with van der Waals surface area (Å²) in [6.45, 7) is 1.94. The van der Waals surface area contributed by atoms with E-state index in [0.717, 1.165) is 18.6 Å². The van der Waals surface area contributed by atoms with Gasteiger partial charge in [-0.3, -0.25) is 4.99 Å². The lowest BCUT2D eigenvalue weighted by Gasteiger charge is -2.19. The zero-order valence-electron chi connectivity index (χ0n) is 12.5. The average Bonchev–Trinajstić information content (AvgIpc) is 2.73. The molecular weight excluding hydrogens is 286 g/mol. The molecule has 3 N–H and O–H groups in total. The van der Waals surface area contributed by atoms with Crippen molar-refractivity contribution >= 4 is 17.4 Å². The van der Waals surface area contributed by atoms with Gasteiger partial charge in [0.15, 0.2) is 11.9 Å². The van der Waals surface area contributed by atoms with Crippen molar-refractivity contribution in [3.05, 3.63) is 29.3 Å². The van der Waals surface area contributed by atoms with Gasteiger partial charge in [-0.1, -0.05) is 43.4 Å². The fourth-order valence-corrected chi connectivity index (χ4v) is 2.82. The molecule has 1 aliphatic rings. The number of benzene rings is 1. The van der Waals surface area contributed by atoms with Gasteiger partial charge in [0.1, 0.15) is 5.75 Å². The molecule has 0 radical (unpaired) electrons. The van der Waals surface area contributed by atoms with Crippen molar-refractivity contribution in [2.45, 2.75) is 57.6 Å². The van der Waals surface area contributed by atoms with E-state index in [-0.39, 0.29) is 6.10 Å². The van der Waals surface area contributed by atoms with E-state index in [2.05, 4.69) is 5.43 Å². The number of nitrogens with two attached hydrogens (primary N) is 1. The molecule has 0 aliphatic heterocycles. The van der Waals surface area contributed by atoms with Crippen molar-refractivity contribution in [3.63, 3.8) is 0 Å². The maximum Gasteiger partial charge on any atom is 0.154 e. The number of ether oxygens (including phenoxy) is 1. The predicted octanol–water partition coefficient (Wildman–Crippen LogP) is 3.69. The maximum atomic E-state index is 5.96. The van der Waals surface area contributed by atoms with Gasteiger partial charge in [-0.25, -0.2) is 5.84 Å². The van der Waals surface area contributed by atoms with Crippen LogP contribution in [-0.2, 0) is 0 Å². The summed E-state index contributed by atoms with van der Waals surface area (Å²) < 4.78 is 5.86. The first-order valence-electron chi connectivity index (χ1n) is 7.65. The molecule has 4 nitrogen and oxygen atoms in total. The third-order valence-corrected chi connectivity index (χ3v) is 4.02. The molecule has 1 aliphatic carbocycles. The van der Waals surface area contributed by atoms with Gasteiger partial charge in [0.25, 0.3) is 0 Å². The standard InChI is InChI=1S/C16H24ClN3O/c1-12(21-15-10-6-7-13(17)11-15)16(20-18)19-14-8-4-2-3-5-9-14/h6-7,10-12,14H,2-5,8-9,18H2,1H3,(H,19,20). The smallest absolute Gasteiger partial charge is 0.154 e. The van der Waals surface area contributed by atoms with Crippen molar-refractivity contribution in [2.24, 2.45) is 10.8 Å². The van der Waals surface area contributed by atoms with Crippen molar-refractivity contribution in [2.75, 3.05) is 0 Å². The molecule has 1 unspecified atom stereocenters. The molecule has 2 rings (SSSR count). The minimum atomic E-state index is -0.225. The minimum Gasteiger partial charge on any atom is -0.483 e. The Morgan fingerprint density at radius 1 is 1.33 bits per heavy atom. The van der Waals surface area contributed by atoms with Crippen LogP contribution in [0.1, 0.15) is 45.4 Å². The van der Waals surface area contributed by atoms with Crippen molar-refractivity contribution in [1.29, 1.82) is 0 Å². The zero-order valence-corrected chi connectivity index (χ0v) is 13.3. The summed E-state index contributed by atoms with van der Waals surface area (Å²) in [5, 5.41) is 0.655. The van der Waals surface area contributed by atoms with E-state index in [1.54, 1.807) is 6.07 Å². The van der Waals surface area contributed by atoms with Crippen LogP contribution < -0.4 is 16.0 Å². The molecule has 0 amide bonds. The highest BCUT2D eigenvalue weighted by Gasteiger charge is 2.16. The van der Waals surface area contributed by atoms with E-state index in [0.29, 0.717) is 16.9 Å². The van der Waals surface area contributed by atoms with Crippen LogP contribution in [0.2, 0.25) is 5.02 Å². The van der Waals surface area contributed by atoms with Crippen molar-refractivity contribution < 1.29 is 4.74 Å². The van der Waals surface area contributed by atoms with Gasteiger partial charge in [-0.2, -0.15) is 0 Å². The lowest BCUT2D eigenvalue weighted by Crippen LogP contribution is -2.41. The van der Waals surface area contributed by atoms with Crippen molar-refractivity contribution in [1.82, 2.24) is 5.43 Å². The first kappa shape index (κ1) is 16.1. The summed E-state index contributed by atoms with van der Waals surface area (Å²) in [5.41, 5.74) is 2.70. The maximum absolute atomic E-state index is 5.96. The van der Waals surface area contributed by atoms with E-state index in [1.807, 2.05) is 25.1 Å². The summed E-state index contributed by atoms with van der Waals surface area (Å²) in [6, 6.07) is 7.70. The van der Waals surface area contributed by atoms with Gasteiger partial charge in [-0.15, -0.1) is 0 Å². The Morgan fingerprint density at radius 2 is 2.05 bits per heavy atom. The first-order chi connectivity index (χ1) is 10.2. The highest BCUT2D eigenvalue weighted by molar-refractivity contribution is 6.30. The number of hydrogen-bond acceptors (Lipinski definition) is 3. The van der Waals surface area contributed by atoms with Crippen LogP contribution in [0.3, 0.4) is 0 Å². The molecule has 0 spiro atoms. The Kier molecular flexibility index (Phi) is 6.33. The second-order valence-corrected chi connectivity index (χ2v) is 5.96. The summed E-state index contributed by atoms with van der Waals surface area (Å²) in [4.78, 5) is 4.76. The molecule has 1 fully saturated rings. The molecule has 5 heteroatoms. The van der Waals surface area contributed by atoms with Gasteiger partial charge >= 0.3 is 0 Å². The summed E-state index contributed by atoms with van der Waals surface area (Å²) in [6.07, 6.45) is 7.16. The van der Waals surface area contributed by atoms with Crippen LogP contribution in [0, 0.1) is 0 Å². The lowest BCUT2D eigenvalue weighted by atomic mass is 10.1. The van der Waals surface area contributed by atoms with E-state index >= 15 is 0 Å². The Morgan fingerprint density at radius 3 is 2.67 bits per heavy atom. The van der Waals surface area contributed by atoms with Crippen LogP contribution >= 0.6 is 11.6 Å². The Labute approximate surface area is 131 Å². The molecule has 1 aromatic carbocycles. The zero-order chi connectivity index (χ0) is 15.1. The third kappa shape index (κ3) is 5.21. The van der Waals surface area contributed by atoms with Gasteiger partial charge in [-0.05, 0) is 38.0 Å². The number of nitrogens with one attached hydrogen (secondary N) is 1. The number of hydrazine groups is 1. The highest BCUT2D eigenvalue weighted by Crippen LogP contribution is 2.21. The summed E-state index contributed by atoms with van der Waals surface area (Å²) in [7, 11) is 0. The Balaban J connectivity index is 2.01. The van der Waals surface area contributed by atoms with E-state index < -0.39 is 0 Å². The second-order valence-electron chi connectivity index (χ2n) is 5.52. The molecule has 1 atom stereocenters. The van der Waals surface area contributed by atoms with Gasteiger partial charge in [0.2, 0.25) is 0 Å². The lowest BCUT2D eigenvalue weighted by molar-refractivity contribution is 0.281. The number of amidine groups is 1. The number of halogens is 1. The Bertz CT molecular complexity index is 470. The van der Waals surface area contributed by atoms with Gasteiger partial charge in [0.05, 0.1) is 6.04 Å². The van der Waals surface area contributed by atoms with E-state index in [4.69, 9.17) is 27.2 Å². The molecule has 0 bridgehead atoms. The van der Waals surface area contributed by atoms with Crippen LogP contribution in [0.4, 0.5) is 0 Å². The average molecular weight is 310 g/mol. The SMILES string of the molecule is CC(Oc1cccc(Cl)c1)C(=NC1CCCCCC1)NN. The quantitative estimate of drug-likeness (QED) is 0.293. The fourth-order valence-electron chi connectivity index (χ4n) is 2.64. The molecule has 116 valence electrons. The summed E-state index contributed by atoms with van der Waals surface area (Å²) >= 11 is 5.96. The Hall–Kier alpha value is -1.26. The topological polar surface area (TPSA) is 59.6 Å². The van der Waals surface area contributed by atoms with Gasteiger partial charge in [0, 0.05) is 5.02 Å². The van der Waals surface area contributed by atoms with Crippen molar-refractivity contribution in [3.8, 4) is 5.75 Å². The van der Waals surface area contributed by atoms with Crippen LogP contribution in [-0.4, -0.2) is 18.0 Å². The monoisotopic (exact) mass is 309 g/mol. The molecule has 21 heavy (non-hydrogen) atoms. The molecule has 0 aromatic heterocycles. The highest BCUT2D eigenvalue weighted by atomic mass is 35.5.